The van der Waals surface area contributed by atoms with E-state index >= 15 is 0 Å². The molecule has 1 heterocycles. The molecule has 0 saturated heterocycles. The van der Waals surface area contributed by atoms with Crippen LogP contribution in [0.4, 0.5) is 0 Å². The fourth-order valence-corrected chi connectivity index (χ4v) is 1.81. The molecule has 1 N–H and O–H groups in total. The van der Waals surface area contributed by atoms with Gasteiger partial charge in [0.25, 0.3) is 5.91 Å². The van der Waals surface area contributed by atoms with E-state index in [1.807, 2.05) is 20.8 Å². The van der Waals surface area contributed by atoms with Crippen LogP contribution in [-0.2, 0) is 4.79 Å². The molecule has 17 heavy (non-hydrogen) atoms. The van der Waals surface area contributed by atoms with E-state index in [1.165, 1.54) is 11.1 Å². The van der Waals surface area contributed by atoms with Crippen LogP contribution in [-0.4, -0.2) is 43.6 Å². The van der Waals surface area contributed by atoms with Gasteiger partial charge in [0.05, 0.1) is 12.6 Å². The van der Waals surface area contributed by atoms with E-state index in [1.54, 1.807) is 0 Å². The first kappa shape index (κ1) is 13.6. The number of carbonyl (C=O) groups excluding carboxylic acids is 1. The van der Waals surface area contributed by atoms with Crippen LogP contribution in [0.5, 0.6) is 0 Å². The molecule has 0 fully saturated rings. The lowest BCUT2D eigenvalue weighted by molar-refractivity contribution is -0.137. The highest BCUT2D eigenvalue weighted by Crippen LogP contribution is 2.18. The summed E-state index contributed by atoms with van der Waals surface area (Å²) in [5.41, 5.74) is -0.434. The predicted octanol–water partition coefficient (Wildman–Crippen LogP) is 1.25. The summed E-state index contributed by atoms with van der Waals surface area (Å²) in [6.07, 6.45) is 1.32. The second-order valence-electron chi connectivity index (χ2n) is 4.55. The Kier molecular flexibility index (Phi) is 4.17. The van der Waals surface area contributed by atoms with Crippen molar-refractivity contribution in [3.63, 3.8) is 0 Å². The van der Waals surface area contributed by atoms with Gasteiger partial charge in [-0.3, -0.25) is 9.59 Å². The van der Waals surface area contributed by atoms with Crippen molar-refractivity contribution >= 4 is 23.4 Å². The van der Waals surface area contributed by atoms with Crippen molar-refractivity contribution in [2.75, 3.05) is 6.54 Å². The Hall–Kier alpha value is -1.50. The number of rotatable bonds is 4. The van der Waals surface area contributed by atoms with E-state index in [-0.39, 0.29) is 18.9 Å². The van der Waals surface area contributed by atoms with Crippen molar-refractivity contribution < 1.29 is 14.7 Å². The molecular weight excluding hydrogens is 242 g/mol. The molecule has 0 atom stereocenters. The van der Waals surface area contributed by atoms with Crippen LogP contribution >= 0.6 is 11.5 Å². The lowest BCUT2D eigenvalue weighted by Crippen LogP contribution is -2.46. The van der Waals surface area contributed by atoms with E-state index in [0.717, 1.165) is 11.5 Å². The summed E-state index contributed by atoms with van der Waals surface area (Å²) in [5.74, 6) is -1.15. The van der Waals surface area contributed by atoms with Gasteiger partial charge in [-0.15, -0.1) is 5.10 Å². The van der Waals surface area contributed by atoms with Crippen molar-refractivity contribution in [1.29, 1.82) is 0 Å². The molecule has 0 aliphatic heterocycles. The van der Waals surface area contributed by atoms with Crippen LogP contribution in [0.3, 0.4) is 0 Å². The number of carboxylic acids is 1. The zero-order chi connectivity index (χ0) is 13.1. The molecule has 0 aliphatic rings. The highest BCUT2D eigenvalue weighted by molar-refractivity contribution is 7.07. The Morgan fingerprint density at radius 3 is 2.53 bits per heavy atom. The van der Waals surface area contributed by atoms with Gasteiger partial charge in [0.1, 0.15) is 4.88 Å². The third kappa shape index (κ3) is 3.77. The van der Waals surface area contributed by atoms with Crippen molar-refractivity contribution in [2.24, 2.45) is 0 Å². The van der Waals surface area contributed by atoms with Crippen LogP contribution in [0.2, 0.25) is 0 Å². The van der Waals surface area contributed by atoms with Crippen molar-refractivity contribution in [3.05, 3.63) is 11.1 Å². The molecule has 0 bridgehead atoms. The Bertz CT molecular complexity index is 397. The van der Waals surface area contributed by atoms with Crippen LogP contribution in [0.15, 0.2) is 6.20 Å². The van der Waals surface area contributed by atoms with E-state index in [0.29, 0.717) is 4.88 Å². The fourth-order valence-electron chi connectivity index (χ4n) is 1.34. The van der Waals surface area contributed by atoms with Gasteiger partial charge in [0.15, 0.2) is 0 Å². The summed E-state index contributed by atoms with van der Waals surface area (Å²) in [7, 11) is 0. The summed E-state index contributed by atoms with van der Waals surface area (Å²) in [6, 6.07) is 0. The van der Waals surface area contributed by atoms with Crippen LogP contribution < -0.4 is 0 Å². The summed E-state index contributed by atoms with van der Waals surface area (Å²) < 4.78 is 3.63. The SMILES string of the molecule is CC(C)(C)N(CCC(=O)O)C(=O)c1cnns1. The van der Waals surface area contributed by atoms with Crippen LogP contribution in [0, 0.1) is 0 Å². The lowest BCUT2D eigenvalue weighted by Gasteiger charge is -2.34. The van der Waals surface area contributed by atoms with Crippen molar-refractivity contribution in [1.82, 2.24) is 14.5 Å². The molecule has 1 aromatic heterocycles. The van der Waals surface area contributed by atoms with Crippen molar-refractivity contribution in [2.45, 2.75) is 32.7 Å². The molecule has 1 aromatic rings. The number of aromatic nitrogens is 2. The van der Waals surface area contributed by atoms with Gasteiger partial charge in [-0.1, -0.05) is 4.49 Å². The minimum Gasteiger partial charge on any atom is -0.481 e. The molecule has 1 rings (SSSR count). The van der Waals surface area contributed by atoms with Crippen molar-refractivity contribution in [3.8, 4) is 0 Å². The average Bonchev–Trinajstić information content (AvgIpc) is 2.67. The molecule has 0 aromatic carbocycles. The highest BCUT2D eigenvalue weighted by atomic mass is 32.1. The maximum absolute atomic E-state index is 12.1. The molecule has 94 valence electrons. The molecule has 0 radical (unpaired) electrons. The molecule has 0 unspecified atom stereocenters. The summed E-state index contributed by atoms with van der Waals surface area (Å²) in [6.45, 7) is 5.76. The zero-order valence-electron chi connectivity index (χ0n) is 10.0. The number of hydrogen-bond acceptors (Lipinski definition) is 5. The zero-order valence-corrected chi connectivity index (χ0v) is 10.8. The predicted molar refractivity (Wildman–Crippen MR) is 63.0 cm³/mol. The summed E-state index contributed by atoms with van der Waals surface area (Å²) in [4.78, 5) is 24.7. The molecule has 1 amide bonds. The second kappa shape index (κ2) is 5.22. The smallest absolute Gasteiger partial charge is 0.305 e. The largest absolute Gasteiger partial charge is 0.481 e. The number of aliphatic carboxylic acids is 1. The van der Waals surface area contributed by atoms with E-state index in [9.17, 15) is 9.59 Å². The lowest BCUT2D eigenvalue weighted by atomic mass is 10.1. The maximum Gasteiger partial charge on any atom is 0.305 e. The molecule has 0 spiro atoms. The number of carboxylic acid groups (broad SMARTS) is 1. The first-order valence-corrected chi connectivity index (χ1v) is 5.91. The van der Waals surface area contributed by atoms with E-state index < -0.39 is 11.5 Å². The summed E-state index contributed by atoms with van der Waals surface area (Å²) in [5, 5.41) is 12.3. The van der Waals surface area contributed by atoms with Gasteiger partial charge in [-0.05, 0) is 32.3 Å². The van der Waals surface area contributed by atoms with Gasteiger partial charge in [0.2, 0.25) is 0 Å². The average molecular weight is 257 g/mol. The Morgan fingerprint density at radius 1 is 1.47 bits per heavy atom. The van der Waals surface area contributed by atoms with Crippen LogP contribution in [0.25, 0.3) is 0 Å². The first-order chi connectivity index (χ1) is 7.82. The number of nitrogens with zero attached hydrogens (tertiary/aromatic N) is 3. The second-order valence-corrected chi connectivity index (χ2v) is 5.34. The standard InChI is InChI=1S/C10H15N3O3S/c1-10(2,3)13(5-4-8(14)15)9(16)7-6-11-12-17-7/h6H,4-5H2,1-3H3,(H,14,15). The summed E-state index contributed by atoms with van der Waals surface area (Å²) >= 11 is 1.01. The minimum absolute atomic E-state index is 0.0742. The normalized spacial score (nSPS) is 11.2. The minimum atomic E-state index is -0.922. The molecular formula is C10H15N3O3S. The monoisotopic (exact) mass is 257 g/mol. The van der Waals surface area contributed by atoms with Gasteiger partial charge in [0, 0.05) is 12.1 Å². The maximum atomic E-state index is 12.1. The van der Waals surface area contributed by atoms with Gasteiger partial charge >= 0.3 is 5.97 Å². The number of amides is 1. The van der Waals surface area contributed by atoms with E-state index in [2.05, 4.69) is 9.59 Å². The molecule has 0 aliphatic carbocycles. The molecule has 0 saturated carbocycles. The van der Waals surface area contributed by atoms with Gasteiger partial charge in [-0.2, -0.15) is 0 Å². The van der Waals surface area contributed by atoms with Crippen LogP contribution in [0.1, 0.15) is 36.9 Å². The molecule has 7 heteroatoms. The quantitative estimate of drug-likeness (QED) is 0.877. The third-order valence-electron chi connectivity index (χ3n) is 2.18. The highest BCUT2D eigenvalue weighted by Gasteiger charge is 2.28. The van der Waals surface area contributed by atoms with Gasteiger partial charge in [-0.25, -0.2) is 0 Å². The number of hydrogen-bond donors (Lipinski definition) is 1. The Balaban J connectivity index is 2.84. The van der Waals surface area contributed by atoms with E-state index in [4.69, 9.17) is 5.11 Å². The Morgan fingerprint density at radius 2 is 2.12 bits per heavy atom. The topological polar surface area (TPSA) is 83.4 Å². The third-order valence-corrected chi connectivity index (χ3v) is 2.83. The Labute approximate surface area is 103 Å². The fraction of sp³-hybridized carbons (Fsp3) is 0.600. The van der Waals surface area contributed by atoms with Gasteiger partial charge < -0.3 is 10.0 Å². The molecule has 6 nitrogen and oxygen atoms in total. The first-order valence-electron chi connectivity index (χ1n) is 5.13. The number of carbonyl (C=O) groups is 2.